The van der Waals surface area contributed by atoms with E-state index in [0.29, 0.717) is 17.2 Å². The van der Waals surface area contributed by atoms with Gasteiger partial charge >= 0.3 is 0 Å². The molecule has 1 aromatic carbocycles. The first-order valence-corrected chi connectivity index (χ1v) is 8.30. The highest BCUT2D eigenvalue weighted by Gasteiger charge is 2.17. The Labute approximate surface area is 154 Å². The number of anilines is 1. The molecule has 0 saturated carbocycles. The van der Waals surface area contributed by atoms with Gasteiger partial charge in [0.15, 0.2) is 0 Å². The summed E-state index contributed by atoms with van der Waals surface area (Å²) in [7, 11) is 0. The summed E-state index contributed by atoms with van der Waals surface area (Å²) in [5.41, 5.74) is 2.08. The quantitative estimate of drug-likeness (QED) is 0.601. The standard InChI is InChI=1S/C19H16N6O2/c1-12-11-13(2)25-19(21-12)23-16(24-25)17(26)22-15-9-6-10-20-18(15)27-14-7-4-3-5-8-14/h3-11H,1-2H3,(H,22,26). The van der Waals surface area contributed by atoms with Gasteiger partial charge in [-0.1, -0.05) is 18.2 Å². The molecular formula is C19H16N6O2. The smallest absolute Gasteiger partial charge is 0.295 e. The Morgan fingerprint density at radius 1 is 1.07 bits per heavy atom. The Bertz CT molecular complexity index is 1120. The van der Waals surface area contributed by atoms with E-state index in [-0.39, 0.29) is 11.7 Å². The first kappa shape index (κ1) is 16.6. The number of rotatable bonds is 4. The summed E-state index contributed by atoms with van der Waals surface area (Å²) in [6.45, 7) is 3.75. The van der Waals surface area contributed by atoms with E-state index in [9.17, 15) is 4.79 Å². The molecule has 0 aliphatic rings. The third-order valence-electron chi connectivity index (χ3n) is 3.80. The zero-order valence-electron chi connectivity index (χ0n) is 14.7. The van der Waals surface area contributed by atoms with Crippen LogP contribution < -0.4 is 10.1 Å². The van der Waals surface area contributed by atoms with Gasteiger partial charge in [0.25, 0.3) is 11.7 Å². The highest BCUT2D eigenvalue weighted by atomic mass is 16.5. The molecule has 0 saturated heterocycles. The Kier molecular flexibility index (Phi) is 4.21. The number of nitrogens with zero attached hydrogens (tertiary/aromatic N) is 5. The number of aromatic nitrogens is 5. The van der Waals surface area contributed by atoms with Crippen molar-refractivity contribution in [2.45, 2.75) is 13.8 Å². The number of carbonyl (C=O) groups excluding carboxylic acids is 1. The first-order chi connectivity index (χ1) is 13.1. The fraction of sp³-hybridized carbons (Fsp3) is 0.105. The summed E-state index contributed by atoms with van der Waals surface area (Å²) < 4.78 is 7.29. The lowest BCUT2D eigenvalue weighted by molar-refractivity contribution is 0.101. The van der Waals surface area contributed by atoms with Crippen molar-refractivity contribution in [1.29, 1.82) is 0 Å². The third-order valence-corrected chi connectivity index (χ3v) is 3.80. The summed E-state index contributed by atoms with van der Waals surface area (Å²) in [5.74, 6) is 0.831. The molecule has 0 bridgehead atoms. The highest BCUT2D eigenvalue weighted by Crippen LogP contribution is 2.26. The minimum absolute atomic E-state index is 0.0192. The molecule has 0 unspecified atom stereocenters. The normalized spacial score (nSPS) is 10.7. The van der Waals surface area contributed by atoms with Crippen LogP contribution in [-0.2, 0) is 0 Å². The van der Waals surface area contributed by atoms with E-state index >= 15 is 0 Å². The zero-order valence-corrected chi connectivity index (χ0v) is 14.7. The van der Waals surface area contributed by atoms with Crippen molar-refractivity contribution in [2.24, 2.45) is 0 Å². The molecular weight excluding hydrogens is 344 g/mol. The number of fused-ring (bicyclic) bond motifs is 1. The van der Waals surface area contributed by atoms with E-state index in [1.54, 1.807) is 30.5 Å². The van der Waals surface area contributed by atoms with Gasteiger partial charge < -0.3 is 10.1 Å². The largest absolute Gasteiger partial charge is 0.437 e. The molecule has 0 aliphatic heterocycles. The van der Waals surface area contributed by atoms with Crippen LogP contribution in [0.4, 0.5) is 5.69 Å². The molecule has 0 aliphatic carbocycles. The summed E-state index contributed by atoms with van der Waals surface area (Å²) in [6, 6.07) is 14.5. The van der Waals surface area contributed by atoms with Crippen molar-refractivity contribution >= 4 is 17.4 Å². The molecule has 4 rings (SSSR count). The molecule has 0 fully saturated rings. The Balaban J connectivity index is 1.61. The second-order valence-corrected chi connectivity index (χ2v) is 5.91. The molecule has 134 valence electrons. The lowest BCUT2D eigenvalue weighted by Gasteiger charge is -2.09. The summed E-state index contributed by atoms with van der Waals surface area (Å²) >= 11 is 0. The number of hydrogen-bond donors (Lipinski definition) is 1. The molecule has 3 aromatic heterocycles. The van der Waals surface area contributed by atoms with Crippen LogP contribution in [0.3, 0.4) is 0 Å². The van der Waals surface area contributed by atoms with E-state index in [1.807, 2.05) is 38.1 Å². The maximum atomic E-state index is 12.6. The predicted molar refractivity (Wildman–Crippen MR) is 99.0 cm³/mol. The van der Waals surface area contributed by atoms with Gasteiger partial charge in [0, 0.05) is 17.6 Å². The molecule has 1 N–H and O–H groups in total. The lowest BCUT2D eigenvalue weighted by atomic mass is 10.3. The van der Waals surface area contributed by atoms with Crippen LogP contribution in [0.5, 0.6) is 11.6 Å². The van der Waals surface area contributed by atoms with E-state index in [4.69, 9.17) is 4.74 Å². The topological polar surface area (TPSA) is 94.3 Å². The van der Waals surface area contributed by atoms with Crippen molar-refractivity contribution in [3.63, 3.8) is 0 Å². The number of ether oxygens (including phenoxy) is 1. The van der Waals surface area contributed by atoms with Crippen molar-refractivity contribution in [1.82, 2.24) is 24.6 Å². The third kappa shape index (κ3) is 3.45. The maximum absolute atomic E-state index is 12.6. The number of aryl methyl sites for hydroxylation is 2. The number of benzene rings is 1. The molecule has 27 heavy (non-hydrogen) atoms. The van der Waals surface area contributed by atoms with Crippen LogP contribution in [0, 0.1) is 13.8 Å². The van der Waals surface area contributed by atoms with Gasteiger partial charge in [-0.05, 0) is 44.2 Å². The van der Waals surface area contributed by atoms with Crippen LogP contribution in [0.15, 0.2) is 54.7 Å². The van der Waals surface area contributed by atoms with Crippen LogP contribution in [-0.4, -0.2) is 30.5 Å². The molecule has 3 heterocycles. The second-order valence-electron chi connectivity index (χ2n) is 5.91. The Morgan fingerprint density at radius 3 is 2.70 bits per heavy atom. The summed E-state index contributed by atoms with van der Waals surface area (Å²) in [6.07, 6.45) is 1.59. The van der Waals surface area contributed by atoms with Crippen LogP contribution in [0.2, 0.25) is 0 Å². The van der Waals surface area contributed by atoms with Gasteiger partial charge in [0.2, 0.25) is 11.7 Å². The minimum atomic E-state index is -0.469. The first-order valence-electron chi connectivity index (χ1n) is 8.30. The molecule has 0 atom stereocenters. The SMILES string of the molecule is Cc1cc(C)n2nc(C(=O)Nc3cccnc3Oc3ccccc3)nc2n1. The van der Waals surface area contributed by atoms with Crippen molar-refractivity contribution in [3.05, 3.63) is 71.9 Å². The highest BCUT2D eigenvalue weighted by molar-refractivity contribution is 6.02. The van der Waals surface area contributed by atoms with E-state index in [2.05, 4.69) is 25.4 Å². The lowest BCUT2D eigenvalue weighted by Crippen LogP contribution is -2.15. The summed E-state index contributed by atoms with van der Waals surface area (Å²) in [5, 5.41) is 6.98. The number of para-hydroxylation sites is 1. The molecule has 0 radical (unpaired) electrons. The maximum Gasteiger partial charge on any atom is 0.295 e. The molecule has 1 amide bonds. The number of hydrogen-bond acceptors (Lipinski definition) is 6. The number of pyridine rings is 1. The second kappa shape index (κ2) is 6.83. The van der Waals surface area contributed by atoms with Gasteiger partial charge in [-0.25, -0.2) is 14.5 Å². The number of carbonyl (C=O) groups is 1. The van der Waals surface area contributed by atoms with Gasteiger partial charge in [0.05, 0.1) is 0 Å². The van der Waals surface area contributed by atoms with Gasteiger partial charge in [-0.2, -0.15) is 4.98 Å². The summed E-state index contributed by atoms with van der Waals surface area (Å²) in [4.78, 5) is 25.3. The van der Waals surface area contributed by atoms with Crippen LogP contribution >= 0.6 is 0 Å². The zero-order chi connectivity index (χ0) is 18.8. The predicted octanol–water partition coefficient (Wildman–Crippen LogP) is 3.18. The number of amides is 1. The fourth-order valence-electron chi connectivity index (χ4n) is 2.61. The van der Waals surface area contributed by atoms with Crippen molar-refractivity contribution in [2.75, 3.05) is 5.32 Å². The fourth-order valence-corrected chi connectivity index (χ4v) is 2.61. The van der Waals surface area contributed by atoms with E-state index < -0.39 is 5.91 Å². The van der Waals surface area contributed by atoms with E-state index in [0.717, 1.165) is 11.4 Å². The van der Waals surface area contributed by atoms with E-state index in [1.165, 1.54) is 4.52 Å². The minimum Gasteiger partial charge on any atom is -0.437 e. The van der Waals surface area contributed by atoms with Crippen LogP contribution in [0.1, 0.15) is 22.0 Å². The van der Waals surface area contributed by atoms with Gasteiger partial charge in [-0.3, -0.25) is 4.79 Å². The van der Waals surface area contributed by atoms with Gasteiger partial charge in [0.1, 0.15) is 11.4 Å². The van der Waals surface area contributed by atoms with Crippen molar-refractivity contribution in [3.8, 4) is 11.6 Å². The number of nitrogens with one attached hydrogen (secondary N) is 1. The van der Waals surface area contributed by atoms with Crippen LogP contribution in [0.25, 0.3) is 5.78 Å². The molecule has 8 heteroatoms. The molecule has 8 nitrogen and oxygen atoms in total. The van der Waals surface area contributed by atoms with Crippen molar-refractivity contribution < 1.29 is 9.53 Å². The Hall–Kier alpha value is -3.81. The monoisotopic (exact) mass is 360 g/mol. The molecule has 4 aromatic rings. The Morgan fingerprint density at radius 2 is 1.89 bits per heavy atom. The molecule has 0 spiro atoms. The average Bonchev–Trinajstić information content (AvgIpc) is 3.09. The average molecular weight is 360 g/mol. The van der Waals surface area contributed by atoms with Gasteiger partial charge in [-0.15, -0.1) is 5.10 Å².